The summed E-state index contributed by atoms with van der Waals surface area (Å²) >= 11 is 1.34. The number of para-hydroxylation sites is 1. The number of aromatic nitrogens is 4. The molecule has 0 saturated carbocycles. The summed E-state index contributed by atoms with van der Waals surface area (Å²) in [5.41, 5.74) is 2.74. The third-order valence-corrected chi connectivity index (χ3v) is 4.64. The molecule has 2 heterocycles. The lowest BCUT2D eigenvalue weighted by Gasteiger charge is -2.20. The molecule has 1 amide bonds. The number of hydrogen-bond acceptors (Lipinski definition) is 5. The SMILES string of the molecule is Cc1cc(C)n2nc(S[C@H](C)C(=O)N(C)c3ccccc3)nc2n1. The van der Waals surface area contributed by atoms with Crippen LogP contribution in [-0.4, -0.2) is 37.8 Å². The molecule has 0 unspecified atom stereocenters. The zero-order chi connectivity index (χ0) is 17.3. The van der Waals surface area contributed by atoms with Gasteiger partial charge in [-0.1, -0.05) is 30.0 Å². The van der Waals surface area contributed by atoms with E-state index in [-0.39, 0.29) is 11.2 Å². The van der Waals surface area contributed by atoms with Crippen LogP contribution in [0.2, 0.25) is 0 Å². The standard InChI is InChI=1S/C17H19N5OS/c1-11-10-12(2)22-16(18-11)19-17(20-22)24-13(3)15(23)21(4)14-8-6-5-7-9-14/h5-10,13H,1-4H3/t13-/m1/s1. The number of thioether (sulfide) groups is 1. The van der Waals surface area contributed by atoms with E-state index in [0.717, 1.165) is 17.1 Å². The van der Waals surface area contributed by atoms with Gasteiger partial charge in [0.1, 0.15) is 0 Å². The van der Waals surface area contributed by atoms with Crippen molar-refractivity contribution in [3.8, 4) is 0 Å². The number of amides is 1. The highest BCUT2D eigenvalue weighted by Gasteiger charge is 2.22. The van der Waals surface area contributed by atoms with Gasteiger partial charge in [0.05, 0.1) is 5.25 Å². The van der Waals surface area contributed by atoms with E-state index in [1.807, 2.05) is 57.2 Å². The van der Waals surface area contributed by atoms with E-state index in [2.05, 4.69) is 15.1 Å². The fourth-order valence-electron chi connectivity index (χ4n) is 2.46. The molecule has 0 bridgehead atoms. The Hall–Kier alpha value is -2.41. The Kier molecular flexibility index (Phi) is 4.53. The predicted octanol–water partition coefficient (Wildman–Crippen LogP) is 2.88. The summed E-state index contributed by atoms with van der Waals surface area (Å²) < 4.78 is 1.70. The van der Waals surface area contributed by atoms with Crippen molar-refractivity contribution in [2.75, 3.05) is 11.9 Å². The first kappa shape index (κ1) is 16.4. The normalized spacial score (nSPS) is 12.3. The fourth-order valence-corrected chi connectivity index (χ4v) is 3.30. The fraction of sp³-hybridized carbons (Fsp3) is 0.294. The molecule has 0 aliphatic rings. The van der Waals surface area contributed by atoms with Gasteiger partial charge in [0.2, 0.25) is 11.1 Å². The Morgan fingerprint density at radius 3 is 2.62 bits per heavy atom. The zero-order valence-corrected chi connectivity index (χ0v) is 14.9. The first-order valence-electron chi connectivity index (χ1n) is 7.66. The molecule has 0 aliphatic heterocycles. The molecule has 0 aliphatic carbocycles. The van der Waals surface area contributed by atoms with Crippen molar-refractivity contribution in [2.45, 2.75) is 31.2 Å². The van der Waals surface area contributed by atoms with Gasteiger partial charge in [-0.05, 0) is 39.0 Å². The molecule has 3 rings (SSSR count). The van der Waals surface area contributed by atoms with Gasteiger partial charge in [-0.15, -0.1) is 5.10 Å². The van der Waals surface area contributed by atoms with Crippen LogP contribution >= 0.6 is 11.8 Å². The highest BCUT2D eigenvalue weighted by Crippen LogP contribution is 2.23. The van der Waals surface area contributed by atoms with Gasteiger partial charge < -0.3 is 4.90 Å². The summed E-state index contributed by atoms with van der Waals surface area (Å²) in [4.78, 5) is 23.1. The Morgan fingerprint density at radius 1 is 1.21 bits per heavy atom. The molecule has 2 aromatic heterocycles. The Balaban J connectivity index is 1.78. The maximum Gasteiger partial charge on any atom is 0.253 e. The van der Waals surface area contributed by atoms with Crippen molar-refractivity contribution in [3.63, 3.8) is 0 Å². The smallest absolute Gasteiger partial charge is 0.253 e. The van der Waals surface area contributed by atoms with Crippen molar-refractivity contribution in [2.24, 2.45) is 0 Å². The van der Waals surface area contributed by atoms with Gasteiger partial charge in [-0.2, -0.15) is 4.98 Å². The second-order valence-corrected chi connectivity index (χ2v) is 6.95. The van der Waals surface area contributed by atoms with E-state index in [9.17, 15) is 4.79 Å². The number of nitrogens with zero attached hydrogens (tertiary/aromatic N) is 5. The van der Waals surface area contributed by atoms with E-state index in [4.69, 9.17) is 0 Å². The highest BCUT2D eigenvalue weighted by molar-refractivity contribution is 8.00. The average molecular weight is 341 g/mol. The van der Waals surface area contributed by atoms with Crippen LogP contribution in [0.15, 0.2) is 41.6 Å². The lowest BCUT2D eigenvalue weighted by molar-refractivity contribution is -0.117. The molecule has 1 atom stereocenters. The maximum absolute atomic E-state index is 12.6. The molecule has 0 N–H and O–H groups in total. The van der Waals surface area contributed by atoms with Crippen LogP contribution in [0.5, 0.6) is 0 Å². The summed E-state index contributed by atoms with van der Waals surface area (Å²) in [7, 11) is 1.78. The van der Waals surface area contributed by atoms with Gasteiger partial charge in [0.25, 0.3) is 5.78 Å². The predicted molar refractivity (Wildman–Crippen MR) is 95.4 cm³/mol. The molecule has 0 saturated heterocycles. The first-order chi connectivity index (χ1) is 11.5. The Labute approximate surface area is 144 Å². The molecule has 6 nitrogen and oxygen atoms in total. The zero-order valence-electron chi connectivity index (χ0n) is 14.1. The molecular formula is C17H19N5OS. The average Bonchev–Trinajstić information content (AvgIpc) is 2.96. The van der Waals surface area contributed by atoms with Crippen LogP contribution in [-0.2, 0) is 4.79 Å². The van der Waals surface area contributed by atoms with Crippen molar-refractivity contribution >= 4 is 29.1 Å². The highest BCUT2D eigenvalue weighted by atomic mass is 32.2. The molecule has 7 heteroatoms. The van der Waals surface area contributed by atoms with E-state index >= 15 is 0 Å². The van der Waals surface area contributed by atoms with Crippen LogP contribution in [0.4, 0.5) is 5.69 Å². The summed E-state index contributed by atoms with van der Waals surface area (Å²) in [5.74, 6) is 0.567. The number of carbonyl (C=O) groups is 1. The Morgan fingerprint density at radius 2 is 1.92 bits per heavy atom. The summed E-state index contributed by atoms with van der Waals surface area (Å²) in [5, 5.41) is 4.70. The second kappa shape index (κ2) is 6.60. The number of benzene rings is 1. The molecule has 0 fully saturated rings. The van der Waals surface area contributed by atoms with Gasteiger partial charge >= 0.3 is 0 Å². The van der Waals surface area contributed by atoms with Crippen molar-refractivity contribution in [1.29, 1.82) is 0 Å². The van der Waals surface area contributed by atoms with Gasteiger partial charge in [0, 0.05) is 24.1 Å². The number of carbonyl (C=O) groups excluding carboxylic acids is 1. The minimum Gasteiger partial charge on any atom is -0.315 e. The number of hydrogen-bond donors (Lipinski definition) is 0. The van der Waals surface area contributed by atoms with E-state index < -0.39 is 0 Å². The lowest BCUT2D eigenvalue weighted by atomic mass is 10.3. The Bertz CT molecular complexity index is 877. The maximum atomic E-state index is 12.6. The van der Waals surface area contributed by atoms with Crippen LogP contribution in [0.25, 0.3) is 5.78 Å². The van der Waals surface area contributed by atoms with Crippen LogP contribution in [0.1, 0.15) is 18.3 Å². The first-order valence-corrected chi connectivity index (χ1v) is 8.54. The molecule has 124 valence electrons. The third kappa shape index (κ3) is 3.26. The van der Waals surface area contributed by atoms with E-state index in [1.54, 1.807) is 16.5 Å². The van der Waals surface area contributed by atoms with Crippen LogP contribution in [0.3, 0.4) is 0 Å². The monoisotopic (exact) mass is 341 g/mol. The third-order valence-electron chi connectivity index (χ3n) is 3.70. The summed E-state index contributed by atoms with van der Waals surface area (Å²) in [6.45, 7) is 5.75. The topological polar surface area (TPSA) is 63.4 Å². The second-order valence-electron chi connectivity index (χ2n) is 5.64. The molecule has 1 aromatic carbocycles. The minimum absolute atomic E-state index is 0.00548. The lowest BCUT2D eigenvalue weighted by Crippen LogP contribution is -2.33. The number of anilines is 1. The van der Waals surface area contributed by atoms with E-state index in [1.165, 1.54) is 11.8 Å². The minimum atomic E-state index is -0.297. The van der Waals surface area contributed by atoms with Crippen molar-refractivity contribution in [1.82, 2.24) is 19.6 Å². The van der Waals surface area contributed by atoms with E-state index in [0.29, 0.717) is 10.9 Å². The molecule has 0 radical (unpaired) electrons. The number of fused-ring (bicyclic) bond motifs is 1. The molecule has 24 heavy (non-hydrogen) atoms. The van der Waals surface area contributed by atoms with Gasteiger partial charge in [-0.3, -0.25) is 4.79 Å². The van der Waals surface area contributed by atoms with Gasteiger partial charge in [-0.25, -0.2) is 9.50 Å². The number of rotatable bonds is 4. The van der Waals surface area contributed by atoms with Gasteiger partial charge in [0.15, 0.2) is 0 Å². The molecule has 3 aromatic rings. The summed E-state index contributed by atoms with van der Waals surface area (Å²) in [6.07, 6.45) is 0. The number of aryl methyl sites for hydroxylation is 2. The summed E-state index contributed by atoms with van der Waals surface area (Å²) in [6, 6.07) is 11.5. The molecule has 0 spiro atoms. The van der Waals surface area contributed by atoms with Crippen LogP contribution in [0, 0.1) is 13.8 Å². The molecular weight excluding hydrogens is 322 g/mol. The largest absolute Gasteiger partial charge is 0.315 e. The van der Waals surface area contributed by atoms with Crippen molar-refractivity contribution in [3.05, 3.63) is 47.8 Å². The van der Waals surface area contributed by atoms with Crippen molar-refractivity contribution < 1.29 is 4.79 Å². The quantitative estimate of drug-likeness (QED) is 0.683. The van der Waals surface area contributed by atoms with Crippen LogP contribution < -0.4 is 4.90 Å².